The standard InChI is InChI=1S/C16H15ClN2OS/c17-12-5-6-14(20)11(9-12)10-18-8-7-16-19-13-3-1-2-4-15(13)21-16/h1-6,9,18,20H,7-8,10H2. The third kappa shape index (κ3) is 3.53. The zero-order valence-electron chi connectivity index (χ0n) is 11.3. The Balaban J connectivity index is 1.55. The highest BCUT2D eigenvalue weighted by Crippen LogP contribution is 2.22. The van der Waals surface area contributed by atoms with Gasteiger partial charge in [-0.2, -0.15) is 0 Å². The van der Waals surface area contributed by atoms with Crippen molar-refractivity contribution in [1.29, 1.82) is 0 Å². The Kier molecular flexibility index (Phi) is 4.39. The molecule has 1 heterocycles. The van der Waals surface area contributed by atoms with E-state index in [9.17, 15) is 5.11 Å². The maximum Gasteiger partial charge on any atom is 0.120 e. The van der Waals surface area contributed by atoms with E-state index in [-0.39, 0.29) is 5.75 Å². The average Bonchev–Trinajstić information content (AvgIpc) is 2.89. The molecule has 3 nitrogen and oxygen atoms in total. The number of halogens is 1. The van der Waals surface area contributed by atoms with Crippen molar-refractivity contribution in [3.8, 4) is 5.75 Å². The van der Waals surface area contributed by atoms with Crippen LogP contribution < -0.4 is 5.32 Å². The summed E-state index contributed by atoms with van der Waals surface area (Å²) in [5.74, 6) is 0.270. The van der Waals surface area contributed by atoms with Gasteiger partial charge in [-0.05, 0) is 30.3 Å². The molecule has 3 aromatic rings. The Bertz CT molecular complexity index is 724. The quantitative estimate of drug-likeness (QED) is 0.699. The Hall–Kier alpha value is -1.62. The van der Waals surface area contributed by atoms with Gasteiger partial charge in [-0.1, -0.05) is 23.7 Å². The van der Waals surface area contributed by atoms with Gasteiger partial charge in [0.1, 0.15) is 5.75 Å². The monoisotopic (exact) mass is 318 g/mol. The summed E-state index contributed by atoms with van der Waals surface area (Å²) in [6.07, 6.45) is 0.876. The Labute approximate surface area is 132 Å². The van der Waals surface area contributed by atoms with Crippen LogP contribution in [0.15, 0.2) is 42.5 Å². The first-order valence-electron chi connectivity index (χ1n) is 6.75. The highest BCUT2D eigenvalue weighted by Gasteiger charge is 2.04. The Morgan fingerprint density at radius 1 is 1.19 bits per heavy atom. The lowest BCUT2D eigenvalue weighted by atomic mass is 10.2. The van der Waals surface area contributed by atoms with Gasteiger partial charge in [0.05, 0.1) is 15.2 Å². The molecule has 0 spiro atoms. The number of para-hydroxylation sites is 1. The summed E-state index contributed by atoms with van der Waals surface area (Å²) >= 11 is 7.65. The molecule has 0 amide bonds. The van der Waals surface area contributed by atoms with Crippen LogP contribution in [0.25, 0.3) is 10.2 Å². The summed E-state index contributed by atoms with van der Waals surface area (Å²) < 4.78 is 1.22. The van der Waals surface area contributed by atoms with Crippen molar-refractivity contribution in [2.75, 3.05) is 6.54 Å². The molecule has 0 atom stereocenters. The molecule has 0 unspecified atom stereocenters. The summed E-state index contributed by atoms with van der Waals surface area (Å²) in [4.78, 5) is 4.60. The van der Waals surface area contributed by atoms with Crippen LogP contribution in [-0.4, -0.2) is 16.6 Å². The normalized spacial score (nSPS) is 11.1. The van der Waals surface area contributed by atoms with Gasteiger partial charge < -0.3 is 10.4 Å². The van der Waals surface area contributed by atoms with Gasteiger partial charge in [0.25, 0.3) is 0 Å². The number of nitrogens with one attached hydrogen (secondary N) is 1. The second-order valence-electron chi connectivity index (χ2n) is 4.78. The minimum atomic E-state index is 0.270. The van der Waals surface area contributed by atoms with Crippen LogP contribution in [0.3, 0.4) is 0 Å². The molecule has 0 aliphatic heterocycles. The molecule has 3 rings (SSSR count). The molecule has 108 valence electrons. The molecule has 1 aromatic heterocycles. The van der Waals surface area contributed by atoms with E-state index >= 15 is 0 Å². The number of hydrogen-bond donors (Lipinski definition) is 2. The van der Waals surface area contributed by atoms with Gasteiger partial charge in [-0.15, -0.1) is 11.3 Å². The SMILES string of the molecule is Oc1ccc(Cl)cc1CNCCc1nc2ccccc2s1. The second-order valence-corrected chi connectivity index (χ2v) is 6.33. The summed E-state index contributed by atoms with van der Waals surface area (Å²) in [5, 5.41) is 14.8. The van der Waals surface area contributed by atoms with E-state index in [1.54, 1.807) is 29.5 Å². The fourth-order valence-electron chi connectivity index (χ4n) is 2.14. The van der Waals surface area contributed by atoms with Crippen LogP contribution in [0.1, 0.15) is 10.6 Å². The molecule has 21 heavy (non-hydrogen) atoms. The molecule has 5 heteroatoms. The number of rotatable bonds is 5. The van der Waals surface area contributed by atoms with Gasteiger partial charge in [0.2, 0.25) is 0 Å². The van der Waals surface area contributed by atoms with Crippen molar-refractivity contribution >= 4 is 33.2 Å². The van der Waals surface area contributed by atoms with E-state index in [1.165, 1.54) is 4.70 Å². The fraction of sp³-hybridized carbons (Fsp3) is 0.188. The van der Waals surface area contributed by atoms with E-state index in [1.807, 2.05) is 18.2 Å². The van der Waals surface area contributed by atoms with E-state index in [0.717, 1.165) is 29.1 Å². The number of fused-ring (bicyclic) bond motifs is 1. The van der Waals surface area contributed by atoms with Gasteiger partial charge in [-0.25, -0.2) is 4.98 Å². The molecule has 0 saturated heterocycles. The highest BCUT2D eigenvalue weighted by atomic mass is 35.5. The second kappa shape index (κ2) is 6.43. The van der Waals surface area contributed by atoms with Crippen LogP contribution in [0.5, 0.6) is 5.75 Å². The number of nitrogens with zero attached hydrogens (tertiary/aromatic N) is 1. The van der Waals surface area contributed by atoms with E-state index in [0.29, 0.717) is 11.6 Å². The van der Waals surface area contributed by atoms with Gasteiger partial charge in [-0.3, -0.25) is 0 Å². The van der Waals surface area contributed by atoms with Gasteiger partial charge in [0.15, 0.2) is 0 Å². The first-order valence-corrected chi connectivity index (χ1v) is 7.94. The number of benzene rings is 2. The number of phenols is 1. The molecular weight excluding hydrogens is 304 g/mol. The maximum absolute atomic E-state index is 9.74. The summed E-state index contributed by atoms with van der Waals surface area (Å²) in [6.45, 7) is 1.41. The lowest BCUT2D eigenvalue weighted by Crippen LogP contribution is -2.16. The number of aromatic hydroxyl groups is 1. The summed E-state index contributed by atoms with van der Waals surface area (Å²) in [7, 11) is 0. The highest BCUT2D eigenvalue weighted by molar-refractivity contribution is 7.18. The van der Waals surface area contributed by atoms with Crippen LogP contribution in [0.4, 0.5) is 0 Å². The lowest BCUT2D eigenvalue weighted by molar-refractivity contribution is 0.464. The molecule has 0 aliphatic rings. The minimum absolute atomic E-state index is 0.270. The Morgan fingerprint density at radius 2 is 2.05 bits per heavy atom. The molecule has 0 fully saturated rings. The van der Waals surface area contributed by atoms with Crippen molar-refractivity contribution < 1.29 is 5.11 Å². The molecule has 0 radical (unpaired) electrons. The first kappa shape index (κ1) is 14.3. The van der Waals surface area contributed by atoms with Gasteiger partial charge >= 0.3 is 0 Å². The minimum Gasteiger partial charge on any atom is -0.508 e. The largest absolute Gasteiger partial charge is 0.508 e. The predicted octanol–water partition coefficient (Wildman–Crippen LogP) is 3.99. The lowest BCUT2D eigenvalue weighted by Gasteiger charge is -2.06. The molecule has 0 aliphatic carbocycles. The number of thiazole rings is 1. The van der Waals surface area contributed by atoms with E-state index < -0.39 is 0 Å². The smallest absolute Gasteiger partial charge is 0.120 e. The van der Waals surface area contributed by atoms with Crippen molar-refractivity contribution in [3.63, 3.8) is 0 Å². The van der Waals surface area contributed by atoms with Crippen LogP contribution >= 0.6 is 22.9 Å². The topological polar surface area (TPSA) is 45.1 Å². The average molecular weight is 319 g/mol. The summed E-state index contributed by atoms with van der Waals surface area (Å²) in [6, 6.07) is 13.2. The van der Waals surface area contributed by atoms with E-state index in [2.05, 4.69) is 16.4 Å². The Morgan fingerprint density at radius 3 is 2.90 bits per heavy atom. The van der Waals surface area contributed by atoms with Crippen molar-refractivity contribution in [3.05, 3.63) is 58.1 Å². The van der Waals surface area contributed by atoms with E-state index in [4.69, 9.17) is 11.6 Å². The fourth-order valence-corrected chi connectivity index (χ4v) is 3.30. The number of hydrogen-bond acceptors (Lipinski definition) is 4. The van der Waals surface area contributed by atoms with Crippen molar-refractivity contribution in [2.45, 2.75) is 13.0 Å². The van der Waals surface area contributed by atoms with Crippen molar-refractivity contribution in [1.82, 2.24) is 10.3 Å². The maximum atomic E-state index is 9.74. The first-order chi connectivity index (χ1) is 10.2. The molecular formula is C16H15ClN2OS. The van der Waals surface area contributed by atoms with Crippen LogP contribution in [-0.2, 0) is 13.0 Å². The van der Waals surface area contributed by atoms with Crippen LogP contribution in [0, 0.1) is 0 Å². The van der Waals surface area contributed by atoms with Crippen molar-refractivity contribution in [2.24, 2.45) is 0 Å². The molecule has 0 bridgehead atoms. The zero-order valence-corrected chi connectivity index (χ0v) is 12.9. The predicted molar refractivity (Wildman–Crippen MR) is 88.1 cm³/mol. The molecule has 2 aromatic carbocycles. The molecule has 2 N–H and O–H groups in total. The number of aromatic nitrogens is 1. The van der Waals surface area contributed by atoms with Gasteiger partial charge in [0, 0.05) is 30.1 Å². The third-order valence-corrected chi connectivity index (χ3v) is 4.54. The third-order valence-electron chi connectivity index (χ3n) is 3.21. The molecule has 0 saturated carbocycles. The van der Waals surface area contributed by atoms with Crippen LogP contribution in [0.2, 0.25) is 5.02 Å². The zero-order chi connectivity index (χ0) is 14.7. The summed E-state index contributed by atoms with van der Waals surface area (Å²) in [5.41, 5.74) is 1.87. The number of phenolic OH excluding ortho intramolecular Hbond substituents is 1.